The van der Waals surface area contributed by atoms with E-state index in [1.165, 1.54) is 15.2 Å². The van der Waals surface area contributed by atoms with E-state index >= 15 is 0 Å². The zero-order valence-corrected chi connectivity index (χ0v) is 13.3. The van der Waals surface area contributed by atoms with Crippen molar-refractivity contribution < 1.29 is 8.42 Å². The molecule has 1 aliphatic rings. The number of hydrogen-bond acceptors (Lipinski definition) is 5. The lowest BCUT2D eigenvalue weighted by Crippen LogP contribution is -2.54. The molecule has 0 aliphatic carbocycles. The van der Waals surface area contributed by atoms with Crippen LogP contribution in [0, 0.1) is 0 Å². The van der Waals surface area contributed by atoms with Gasteiger partial charge in [-0.1, -0.05) is 0 Å². The van der Waals surface area contributed by atoms with Crippen LogP contribution in [0.1, 0.15) is 20.8 Å². The second kappa shape index (κ2) is 5.01. The van der Waals surface area contributed by atoms with Gasteiger partial charge in [0.15, 0.2) is 5.82 Å². The number of aromatic nitrogens is 2. The maximum atomic E-state index is 12.6. The summed E-state index contributed by atoms with van der Waals surface area (Å²) in [5.74, 6) is 0.0609. The molecule has 114 valence electrons. The highest BCUT2D eigenvalue weighted by atomic mass is 32.2. The van der Waals surface area contributed by atoms with Crippen molar-refractivity contribution in [1.82, 2.24) is 19.0 Å². The van der Waals surface area contributed by atoms with Crippen molar-refractivity contribution in [3.8, 4) is 0 Å². The summed E-state index contributed by atoms with van der Waals surface area (Å²) in [7, 11) is -1.88. The van der Waals surface area contributed by atoms with Gasteiger partial charge in [-0.05, 0) is 20.8 Å². The zero-order valence-electron chi connectivity index (χ0n) is 12.5. The highest BCUT2D eigenvalue weighted by Gasteiger charge is 2.34. The molecule has 1 aliphatic heterocycles. The number of nitrogens with zero attached hydrogens (tertiary/aromatic N) is 4. The van der Waals surface area contributed by atoms with Crippen molar-refractivity contribution in [2.45, 2.75) is 31.2 Å². The van der Waals surface area contributed by atoms with E-state index in [0.717, 1.165) is 13.1 Å². The molecule has 0 unspecified atom stereocenters. The molecule has 7 nitrogen and oxygen atoms in total. The van der Waals surface area contributed by atoms with Crippen LogP contribution in [0.2, 0.25) is 0 Å². The van der Waals surface area contributed by atoms with Crippen molar-refractivity contribution in [2.24, 2.45) is 7.05 Å². The summed E-state index contributed by atoms with van der Waals surface area (Å²) >= 11 is 0. The van der Waals surface area contributed by atoms with Crippen molar-refractivity contribution in [3.05, 3.63) is 6.20 Å². The maximum Gasteiger partial charge on any atom is 0.248 e. The monoisotopic (exact) mass is 301 g/mol. The highest BCUT2D eigenvalue weighted by Crippen LogP contribution is 2.23. The summed E-state index contributed by atoms with van der Waals surface area (Å²) in [6, 6.07) is 0. The Labute approximate surface area is 120 Å². The molecule has 1 aromatic rings. The molecule has 1 fully saturated rings. The third-order valence-corrected chi connectivity index (χ3v) is 5.54. The Kier molecular flexibility index (Phi) is 3.83. The smallest absolute Gasteiger partial charge is 0.248 e. The van der Waals surface area contributed by atoms with E-state index in [1.807, 2.05) is 0 Å². The molecule has 0 aromatic carbocycles. The summed E-state index contributed by atoms with van der Waals surface area (Å²) in [5.41, 5.74) is 5.74. The maximum absolute atomic E-state index is 12.6. The molecule has 8 heteroatoms. The van der Waals surface area contributed by atoms with Gasteiger partial charge in [0.25, 0.3) is 0 Å². The average Bonchev–Trinajstić information content (AvgIpc) is 2.68. The van der Waals surface area contributed by atoms with Gasteiger partial charge in [0, 0.05) is 45.0 Å². The van der Waals surface area contributed by atoms with Gasteiger partial charge >= 0.3 is 0 Å². The second-order valence-electron chi connectivity index (χ2n) is 6.11. The van der Waals surface area contributed by atoms with E-state index in [1.54, 1.807) is 7.05 Å². The van der Waals surface area contributed by atoms with Crippen LogP contribution < -0.4 is 5.73 Å². The van der Waals surface area contributed by atoms with Crippen molar-refractivity contribution in [2.75, 3.05) is 31.9 Å². The highest BCUT2D eigenvalue weighted by molar-refractivity contribution is 7.89. The molecule has 2 heterocycles. The Morgan fingerprint density at radius 1 is 1.20 bits per heavy atom. The first kappa shape index (κ1) is 15.3. The minimum absolute atomic E-state index is 0.0587. The molecule has 0 amide bonds. The van der Waals surface area contributed by atoms with Crippen LogP contribution in [0.15, 0.2) is 11.1 Å². The molecule has 0 saturated carbocycles. The van der Waals surface area contributed by atoms with Crippen LogP contribution in [-0.2, 0) is 17.1 Å². The first-order chi connectivity index (χ1) is 9.12. The molecule has 0 bridgehead atoms. The summed E-state index contributed by atoms with van der Waals surface area (Å²) in [5, 5.41) is 3.90. The predicted molar refractivity (Wildman–Crippen MR) is 77.7 cm³/mol. The Morgan fingerprint density at radius 2 is 1.75 bits per heavy atom. The number of nitrogen functional groups attached to an aromatic ring is 1. The van der Waals surface area contributed by atoms with Crippen LogP contribution in [-0.4, -0.2) is 59.1 Å². The average molecular weight is 301 g/mol. The quantitative estimate of drug-likeness (QED) is 0.838. The number of piperazine rings is 1. The minimum Gasteiger partial charge on any atom is -0.381 e. The molecule has 0 spiro atoms. The Hall–Kier alpha value is -1.12. The lowest BCUT2D eigenvalue weighted by atomic mass is 10.1. The fourth-order valence-electron chi connectivity index (χ4n) is 2.42. The minimum atomic E-state index is -3.54. The zero-order chi connectivity index (χ0) is 15.1. The molecule has 1 aromatic heterocycles. The van der Waals surface area contributed by atoms with Gasteiger partial charge in [-0.15, -0.1) is 0 Å². The summed E-state index contributed by atoms with van der Waals surface area (Å²) in [4.78, 5) is 2.38. The second-order valence-corrected chi connectivity index (χ2v) is 8.02. The lowest BCUT2D eigenvalue weighted by Gasteiger charge is -2.41. The number of nitrogens with two attached hydrogens (primary N) is 1. The Morgan fingerprint density at radius 3 is 2.15 bits per heavy atom. The van der Waals surface area contributed by atoms with Gasteiger partial charge in [-0.3, -0.25) is 9.58 Å². The SMILES string of the molecule is Cn1cc(S(=O)(=O)N2CCN(C(C)(C)C)CC2)c(N)n1. The van der Waals surface area contributed by atoms with Gasteiger partial charge in [0.05, 0.1) is 0 Å². The number of hydrogen-bond donors (Lipinski definition) is 1. The van der Waals surface area contributed by atoms with E-state index in [2.05, 4.69) is 30.8 Å². The first-order valence-electron chi connectivity index (χ1n) is 6.66. The summed E-state index contributed by atoms with van der Waals surface area (Å²) in [6.45, 7) is 8.82. The van der Waals surface area contributed by atoms with E-state index in [-0.39, 0.29) is 16.3 Å². The van der Waals surface area contributed by atoms with Gasteiger partial charge < -0.3 is 5.73 Å². The van der Waals surface area contributed by atoms with E-state index < -0.39 is 10.0 Å². The Balaban J connectivity index is 2.16. The third kappa shape index (κ3) is 2.82. The number of rotatable bonds is 2. The number of sulfonamides is 1. The summed E-state index contributed by atoms with van der Waals surface area (Å²) < 4.78 is 28.0. The number of anilines is 1. The van der Waals surface area contributed by atoms with Gasteiger partial charge in [0.1, 0.15) is 4.90 Å². The lowest BCUT2D eigenvalue weighted by molar-refractivity contribution is 0.0922. The van der Waals surface area contributed by atoms with Crippen LogP contribution >= 0.6 is 0 Å². The fraction of sp³-hybridized carbons (Fsp3) is 0.750. The van der Waals surface area contributed by atoms with Crippen LogP contribution in [0.4, 0.5) is 5.82 Å². The molecule has 20 heavy (non-hydrogen) atoms. The van der Waals surface area contributed by atoms with E-state index in [9.17, 15) is 8.42 Å². The fourth-order valence-corrected chi connectivity index (χ4v) is 3.93. The van der Waals surface area contributed by atoms with E-state index in [0.29, 0.717) is 13.1 Å². The van der Waals surface area contributed by atoms with Crippen LogP contribution in [0.5, 0.6) is 0 Å². The Bertz CT molecular complexity index is 579. The largest absolute Gasteiger partial charge is 0.381 e. The molecule has 2 N–H and O–H groups in total. The van der Waals surface area contributed by atoms with Crippen LogP contribution in [0.3, 0.4) is 0 Å². The van der Waals surface area contributed by atoms with E-state index in [4.69, 9.17) is 5.73 Å². The van der Waals surface area contributed by atoms with Crippen molar-refractivity contribution in [1.29, 1.82) is 0 Å². The van der Waals surface area contributed by atoms with Crippen molar-refractivity contribution >= 4 is 15.8 Å². The molecule has 0 atom stereocenters. The topological polar surface area (TPSA) is 84.5 Å². The molecule has 1 saturated heterocycles. The molecule has 2 rings (SSSR count). The van der Waals surface area contributed by atoms with Gasteiger partial charge in [-0.25, -0.2) is 8.42 Å². The van der Waals surface area contributed by atoms with Gasteiger partial charge in [0.2, 0.25) is 10.0 Å². The van der Waals surface area contributed by atoms with Crippen LogP contribution in [0.25, 0.3) is 0 Å². The molecular formula is C12H23N5O2S. The third-order valence-electron chi connectivity index (χ3n) is 3.63. The first-order valence-corrected chi connectivity index (χ1v) is 8.10. The molecule has 0 radical (unpaired) electrons. The summed E-state index contributed by atoms with van der Waals surface area (Å²) in [6.07, 6.45) is 1.46. The normalized spacial score (nSPS) is 19.4. The van der Waals surface area contributed by atoms with Gasteiger partial charge in [-0.2, -0.15) is 9.40 Å². The van der Waals surface area contributed by atoms with Crippen molar-refractivity contribution in [3.63, 3.8) is 0 Å². The number of aryl methyl sites for hydroxylation is 1. The predicted octanol–water partition coefficient (Wildman–Crippen LogP) is 0.107. The molecular weight excluding hydrogens is 278 g/mol. The standard InChI is InChI=1S/C12H23N5O2S/c1-12(2,3)16-5-7-17(8-6-16)20(18,19)10-9-15(4)14-11(10)13/h9H,5-8H2,1-4H3,(H2,13,14).